The number of carbonyl (C=O) groups excluding carboxylic acids is 1. The summed E-state index contributed by atoms with van der Waals surface area (Å²) in [6, 6.07) is 5.90. The van der Waals surface area contributed by atoms with Gasteiger partial charge in [-0.25, -0.2) is 0 Å². The van der Waals surface area contributed by atoms with Crippen molar-refractivity contribution in [3.63, 3.8) is 0 Å². The molecule has 0 aromatic heterocycles. The Bertz CT molecular complexity index is 404. The molecule has 17 heavy (non-hydrogen) atoms. The van der Waals surface area contributed by atoms with E-state index in [4.69, 9.17) is 9.47 Å². The van der Waals surface area contributed by atoms with Gasteiger partial charge in [0.25, 0.3) is 0 Å². The maximum atomic E-state index is 11.2. The number of nitrogens with one attached hydrogen (secondary N) is 1. The topological polar surface area (TPSA) is 47.6 Å². The van der Waals surface area contributed by atoms with Crippen molar-refractivity contribution in [3.8, 4) is 5.75 Å². The number of esters is 1. The number of carbonyl (C=O) groups is 1. The molecule has 1 N–H and O–H groups in total. The van der Waals surface area contributed by atoms with E-state index in [1.165, 1.54) is 5.56 Å². The van der Waals surface area contributed by atoms with E-state index in [1.807, 2.05) is 18.2 Å². The molecular weight excluding hydrogens is 218 g/mol. The van der Waals surface area contributed by atoms with Gasteiger partial charge in [0.05, 0.1) is 13.2 Å². The first-order valence-electron chi connectivity index (χ1n) is 5.95. The molecule has 1 aliphatic heterocycles. The van der Waals surface area contributed by atoms with Crippen molar-refractivity contribution in [1.82, 2.24) is 0 Å². The van der Waals surface area contributed by atoms with E-state index in [1.54, 1.807) is 6.92 Å². The van der Waals surface area contributed by atoms with E-state index in [9.17, 15) is 4.79 Å². The lowest BCUT2D eigenvalue weighted by atomic mass is 10.1. The van der Waals surface area contributed by atoms with Gasteiger partial charge >= 0.3 is 5.97 Å². The highest BCUT2D eigenvalue weighted by Crippen LogP contribution is 2.27. The maximum absolute atomic E-state index is 11.2. The van der Waals surface area contributed by atoms with Crippen molar-refractivity contribution >= 4 is 11.7 Å². The van der Waals surface area contributed by atoms with Crippen LogP contribution in [0.5, 0.6) is 5.75 Å². The van der Waals surface area contributed by atoms with Crippen LogP contribution >= 0.6 is 0 Å². The second kappa shape index (κ2) is 5.57. The van der Waals surface area contributed by atoms with Crippen LogP contribution in [0.1, 0.15) is 18.9 Å². The Morgan fingerprint density at radius 1 is 1.53 bits per heavy atom. The van der Waals surface area contributed by atoms with E-state index in [0.29, 0.717) is 6.61 Å². The minimum absolute atomic E-state index is 0.202. The van der Waals surface area contributed by atoms with Crippen LogP contribution < -0.4 is 10.1 Å². The quantitative estimate of drug-likeness (QED) is 0.811. The fraction of sp³-hybridized carbons (Fsp3) is 0.462. The van der Waals surface area contributed by atoms with E-state index in [0.717, 1.165) is 30.9 Å². The second-order valence-electron chi connectivity index (χ2n) is 3.93. The lowest BCUT2D eigenvalue weighted by Gasteiger charge is -2.18. The standard InChI is InChI=1S/C13H17NO3/c1-2-16-13(15)9-14-11-5-6-12-10(8-11)4-3-7-17-12/h5-6,8,14H,2-4,7,9H2,1H3. The second-order valence-corrected chi connectivity index (χ2v) is 3.93. The first-order valence-corrected chi connectivity index (χ1v) is 5.95. The van der Waals surface area contributed by atoms with E-state index in [-0.39, 0.29) is 12.5 Å². The van der Waals surface area contributed by atoms with Gasteiger partial charge in [-0.2, -0.15) is 0 Å². The Labute approximate surface area is 101 Å². The molecule has 0 radical (unpaired) electrons. The number of anilines is 1. The van der Waals surface area contributed by atoms with Crippen LogP contribution in [-0.2, 0) is 16.0 Å². The Morgan fingerprint density at radius 3 is 3.24 bits per heavy atom. The molecule has 0 amide bonds. The molecule has 1 aliphatic rings. The van der Waals surface area contributed by atoms with Crippen molar-refractivity contribution in [3.05, 3.63) is 23.8 Å². The molecule has 0 saturated heterocycles. The normalized spacial score (nSPS) is 13.5. The average Bonchev–Trinajstić information content (AvgIpc) is 2.36. The molecule has 0 aliphatic carbocycles. The van der Waals surface area contributed by atoms with E-state index < -0.39 is 0 Å². The fourth-order valence-electron chi connectivity index (χ4n) is 1.86. The van der Waals surface area contributed by atoms with Crippen LogP contribution in [-0.4, -0.2) is 25.7 Å². The summed E-state index contributed by atoms with van der Waals surface area (Å²) in [4.78, 5) is 11.2. The van der Waals surface area contributed by atoms with Crippen molar-refractivity contribution in [2.45, 2.75) is 19.8 Å². The third-order valence-corrected chi connectivity index (χ3v) is 2.65. The molecule has 4 nitrogen and oxygen atoms in total. The van der Waals surface area contributed by atoms with Crippen LogP contribution in [0.3, 0.4) is 0 Å². The van der Waals surface area contributed by atoms with Crippen molar-refractivity contribution in [2.75, 3.05) is 25.1 Å². The van der Waals surface area contributed by atoms with Gasteiger partial charge in [-0.15, -0.1) is 0 Å². The molecule has 0 bridgehead atoms. The van der Waals surface area contributed by atoms with Gasteiger partial charge < -0.3 is 14.8 Å². The van der Waals surface area contributed by atoms with Gasteiger partial charge in [0, 0.05) is 5.69 Å². The maximum Gasteiger partial charge on any atom is 0.325 e. The minimum atomic E-state index is -0.235. The largest absolute Gasteiger partial charge is 0.493 e. The Kier molecular flexibility index (Phi) is 3.85. The van der Waals surface area contributed by atoms with Gasteiger partial charge in [-0.3, -0.25) is 4.79 Å². The molecule has 0 unspecified atom stereocenters. The van der Waals surface area contributed by atoms with Crippen LogP contribution in [0.2, 0.25) is 0 Å². The van der Waals surface area contributed by atoms with Gasteiger partial charge in [-0.1, -0.05) is 0 Å². The highest BCUT2D eigenvalue weighted by Gasteiger charge is 2.10. The van der Waals surface area contributed by atoms with Gasteiger partial charge in [0.15, 0.2) is 0 Å². The van der Waals surface area contributed by atoms with Crippen LogP contribution in [0.4, 0.5) is 5.69 Å². The third-order valence-electron chi connectivity index (χ3n) is 2.65. The highest BCUT2D eigenvalue weighted by molar-refractivity contribution is 5.75. The minimum Gasteiger partial charge on any atom is -0.493 e. The zero-order valence-corrected chi connectivity index (χ0v) is 9.99. The molecule has 0 spiro atoms. The number of aryl methyl sites for hydroxylation is 1. The summed E-state index contributed by atoms with van der Waals surface area (Å²) in [5.41, 5.74) is 2.13. The van der Waals surface area contributed by atoms with E-state index >= 15 is 0 Å². The molecule has 1 heterocycles. The van der Waals surface area contributed by atoms with Gasteiger partial charge in [0.1, 0.15) is 12.3 Å². The Balaban J connectivity index is 1.95. The van der Waals surface area contributed by atoms with Crippen LogP contribution in [0.25, 0.3) is 0 Å². The Morgan fingerprint density at radius 2 is 2.41 bits per heavy atom. The summed E-state index contributed by atoms with van der Waals surface area (Å²) in [7, 11) is 0. The number of ether oxygens (including phenoxy) is 2. The molecule has 2 rings (SSSR count). The number of benzene rings is 1. The summed E-state index contributed by atoms with van der Waals surface area (Å²) in [5.74, 6) is 0.722. The molecule has 4 heteroatoms. The predicted molar refractivity (Wildman–Crippen MR) is 65.4 cm³/mol. The van der Waals surface area contributed by atoms with Gasteiger partial charge in [0.2, 0.25) is 0 Å². The molecule has 0 saturated carbocycles. The SMILES string of the molecule is CCOC(=O)CNc1ccc2c(c1)CCCO2. The smallest absolute Gasteiger partial charge is 0.325 e. The Hall–Kier alpha value is -1.71. The molecule has 1 aromatic rings. The summed E-state index contributed by atoms with van der Waals surface area (Å²) in [6.07, 6.45) is 2.08. The van der Waals surface area contributed by atoms with Gasteiger partial charge in [-0.05, 0) is 43.5 Å². The third kappa shape index (κ3) is 3.12. The number of fused-ring (bicyclic) bond motifs is 1. The molecule has 1 aromatic carbocycles. The molecule has 92 valence electrons. The number of hydrogen-bond acceptors (Lipinski definition) is 4. The number of hydrogen-bond donors (Lipinski definition) is 1. The summed E-state index contributed by atoms with van der Waals surface area (Å²) in [5, 5.41) is 3.05. The van der Waals surface area contributed by atoms with Crippen LogP contribution in [0.15, 0.2) is 18.2 Å². The fourth-order valence-corrected chi connectivity index (χ4v) is 1.86. The van der Waals surface area contributed by atoms with Crippen LogP contribution in [0, 0.1) is 0 Å². The number of rotatable bonds is 4. The first kappa shape index (κ1) is 11.8. The monoisotopic (exact) mass is 235 g/mol. The van der Waals surface area contributed by atoms with Crippen molar-refractivity contribution in [2.24, 2.45) is 0 Å². The summed E-state index contributed by atoms with van der Waals surface area (Å²) in [6.45, 7) is 3.21. The zero-order valence-electron chi connectivity index (χ0n) is 9.99. The highest BCUT2D eigenvalue weighted by atomic mass is 16.5. The average molecular weight is 235 g/mol. The predicted octanol–water partition coefficient (Wildman–Crippen LogP) is 1.99. The molecule has 0 atom stereocenters. The summed E-state index contributed by atoms with van der Waals surface area (Å²) >= 11 is 0. The van der Waals surface area contributed by atoms with Crippen molar-refractivity contribution in [1.29, 1.82) is 0 Å². The molecule has 0 fully saturated rings. The lowest BCUT2D eigenvalue weighted by molar-refractivity contribution is -0.140. The molecular formula is C13H17NO3. The zero-order chi connectivity index (χ0) is 12.1. The van der Waals surface area contributed by atoms with Crippen molar-refractivity contribution < 1.29 is 14.3 Å². The van der Waals surface area contributed by atoms with E-state index in [2.05, 4.69) is 5.32 Å². The first-order chi connectivity index (χ1) is 8.29. The summed E-state index contributed by atoms with van der Waals surface area (Å²) < 4.78 is 10.4. The lowest BCUT2D eigenvalue weighted by Crippen LogP contribution is -2.17.